The van der Waals surface area contributed by atoms with E-state index in [1.807, 2.05) is 44.5 Å². The Kier molecular flexibility index (Phi) is 13.6. The van der Waals surface area contributed by atoms with Crippen LogP contribution in [0.15, 0.2) is 24.3 Å². The minimum atomic E-state index is 0. The Morgan fingerprint density at radius 1 is 1.27 bits per heavy atom. The number of benzene rings is 1. The van der Waals surface area contributed by atoms with Crippen molar-refractivity contribution in [3.63, 3.8) is 0 Å². The normalized spacial score (nSPS) is 7.18. The molecule has 0 amide bonds. The van der Waals surface area contributed by atoms with Gasteiger partial charge in [0.25, 0.3) is 0 Å². The third kappa shape index (κ3) is 10.6. The SMILES string of the molecule is C[CH-]C.Ic1cc[c-]cc1.[Zn+2]. The summed E-state index contributed by atoms with van der Waals surface area (Å²) in [7, 11) is 0. The maximum atomic E-state index is 2.93. The van der Waals surface area contributed by atoms with Crippen LogP contribution in [0.5, 0.6) is 0 Å². The van der Waals surface area contributed by atoms with Crippen molar-refractivity contribution in [2.45, 2.75) is 13.8 Å². The molecule has 0 radical (unpaired) electrons. The molecule has 0 aliphatic heterocycles. The Labute approximate surface area is 95.7 Å². The van der Waals surface area contributed by atoms with E-state index in [9.17, 15) is 0 Å². The summed E-state index contributed by atoms with van der Waals surface area (Å²) in [5.74, 6) is 0. The van der Waals surface area contributed by atoms with Gasteiger partial charge in [-0.1, -0.05) is 26.2 Å². The van der Waals surface area contributed by atoms with Gasteiger partial charge in [0.05, 0.1) is 0 Å². The van der Waals surface area contributed by atoms with Crippen molar-refractivity contribution >= 4 is 22.6 Å². The molecule has 1 rings (SSSR count). The Bertz CT molecular complexity index is 151. The summed E-state index contributed by atoms with van der Waals surface area (Å²) in [5, 5.41) is 0. The van der Waals surface area contributed by atoms with Crippen LogP contribution >= 0.6 is 22.6 Å². The number of hydrogen-bond donors (Lipinski definition) is 0. The summed E-state index contributed by atoms with van der Waals surface area (Å²) < 4.78 is 1.26. The molecule has 0 unspecified atom stereocenters. The first-order valence-electron chi connectivity index (χ1n) is 3.17. The van der Waals surface area contributed by atoms with Crippen molar-refractivity contribution < 1.29 is 19.5 Å². The maximum absolute atomic E-state index is 2.93. The maximum Gasteiger partial charge on any atom is 2.00 e. The van der Waals surface area contributed by atoms with Crippen LogP contribution in [0.25, 0.3) is 0 Å². The molecule has 1 aromatic rings. The minimum Gasteiger partial charge on any atom is -0.335 e. The summed E-state index contributed by atoms with van der Waals surface area (Å²) in [6, 6.07) is 10.8. The van der Waals surface area contributed by atoms with Crippen LogP contribution in [0.1, 0.15) is 13.8 Å². The molecule has 0 heterocycles. The average Bonchev–Trinajstić information content (AvgIpc) is 1.91. The van der Waals surface area contributed by atoms with Crippen LogP contribution in [0, 0.1) is 16.1 Å². The third-order valence-electron chi connectivity index (χ3n) is 0.678. The molecule has 2 heteroatoms. The zero-order chi connectivity index (χ0) is 7.82. The molecular formula is C9H11IZn. The number of hydrogen-bond acceptors (Lipinski definition) is 0. The van der Waals surface area contributed by atoms with Gasteiger partial charge < -0.3 is 6.42 Å². The summed E-state index contributed by atoms with van der Waals surface area (Å²) in [6.45, 7) is 4.00. The van der Waals surface area contributed by atoms with Gasteiger partial charge in [-0.05, 0) is 0 Å². The molecule has 0 fully saturated rings. The molecule has 0 nitrogen and oxygen atoms in total. The second-order valence-corrected chi connectivity index (χ2v) is 3.04. The van der Waals surface area contributed by atoms with E-state index in [2.05, 4.69) is 28.7 Å². The Balaban J connectivity index is 0. The first-order valence-corrected chi connectivity index (χ1v) is 4.24. The van der Waals surface area contributed by atoms with Gasteiger partial charge in [0.2, 0.25) is 0 Å². The van der Waals surface area contributed by atoms with E-state index < -0.39 is 0 Å². The molecule has 0 aromatic heterocycles. The van der Waals surface area contributed by atoms with Gasteiger partial charge in [-0.15, -0.1) is 0 Å². The van der Waals surface area contributed by atoms with E-state index in [0.29, 0.717) is 0 Å². The van der Waals surface area contributed by atoms with Crippen LogP contribution < -0.4 is 0 Å². The summed E-state index contributed by atoms with van der Waals surface area (Å²) >= 11 is 2.26. The monoisotopic (exact) mass is 310 g/mol. The third-order valence-corrected chi connectivity index (χ3v) is 1.40. The van der Waals surface area contributed by atoms with Crippen molar-refractivity contribution in [2.24, 2.45) is 0 Å². The van der Waals surface area contributed by atoms with Crippen LogP contribution in [0.3, 0.4) is 0 Å². The fourth-order valence-corrected chi connectivity index (χ4v) is 0.726. The molecule has 0 bridgehead atoms. The molecule has 0 aliphatic rings. The van der Waals surface area contributed by atoms with Crippen molar-refractivity contribution in [3.8, 4) is 0 Å². The standard InChI is InChI=1S/C6H4I.C3H7.Zn/c7-6-4-2-1-3-5-6;1-3-2;/h2-5H;3H,1-2H3;/q2*-1;+2. The average molecular weight is 311 g/mol. The number of halogens is 1. The second-order valence-electron chi connectivity index (χ2n) is 1.80. The fraction of sp³-hybridized carbons (Fsp3) is 0.222. The summed E-state index contributed by atoms with van der Waals surface area (Å²) in [5.41, 5.74) is 0. The predicted molar refractivity (Wildman–Crippen MR) is 53.6 cm³/mol. The van der Waals surface area contributed by atoms with E-state index in [0.717, 1.165) is 0 Å². The molecule has 0 spiro atoms. The van der Waals surface area contributed by atoms with Gasteiger partial charge in [-0.2, -0.15) is 44.2 Å². The molecule has 0 aliphatic carbocycles. The van der Waals surface area contributed by atoms with Gasteiger partial charge in [0, 0.05) is 0 Å². The molecule has 0 N–H and O–H groups in total. The van der Waals surface area contributed by atoms with E-state index in [4.69, 9.17) is 0 Å². The van der Waals surface area contributed by atoms with Gasteiger partial charge >= 0.3 is 19.5 Å². The first kappa shape index (κ1) is 14.1. The van der Waals surface area contributed by atoms with Crippen LogP contribution in [0.2, 0.25) is 0 Å². The zero-order valence-corrected chi connectivity index (χ0v) is 12.1. The van der Waals surface area contributed by atoms with E-state index >= 15 is 0 Å². The van der Waals surface area contributed by atoms with E-state index in [-0.39, 0.29) is 19.5 Å². The topological polar surface area (TPSA) is 0 Å². The molecule has 0 atom stereocenters. The van der Waals surface area contributed by atoms with Gasteiger partial charge in [0.1, 0.15) is 0 Å². The first-order chi connectivity index (χ1) is 4.81. The summed E-state index contributed by atoms with van der Waals surface area (Å²) in [6.07, 6.45) is 2.00. The van der Waals surface area contributed by atoms with E-state index in [1.54, 1.807) is 0 Å². The minimum absolute atomic E-state index is 0. The summed E-state index contributed by atoms with van der Waals surface area (Å²) in [4.78, 5) is 0. The van der Waals surface area contributed by atoms with Crippen molar-refractivity contribution in [2.75, 3.05) is 0 Å². The number of rotatable bonds is 0. The van der Waals surface area contributed by atoms with Crippen LogP contribution in [0.4, 0.5) is 0 Å². The smallest absolute Gasteiger partial charge is 0.335 e. The van der Waals surface area contributed by atoms with Gasteiger partial charge in [-0.25, -0.2) is 0 Å². The molecule has 11 heavy (non-hydrogen) atoms. The molecule has 0 saturated heterocycles. The van der Waals surface area contributed by atoms with Crippen molar-refractivity contribution in [1.82, 2.24) is 0 Å². The Morgan fingerprint density at radius 2 is 1.64 bits per heavy atom. The Morgan fingerprint density at radius 3 is 1.82 bits per heavy atom. The molecular weight excluding hydrogens is 300 g/mol. The molecule has 0 saturated carbocycles. The quantitative estimate of drug-likeness (QED) is 0.392. The van der Waals surface area contributed by atoms with Crippen LogP contribution in [-0.4, -0.2) is 0 Å². The Hall–Kier alpha value is 0.573. The predicted octanol–water partition coefficient (Wildman–Crippen LogP) is 3.32. The van der Waals surface area contributed by atoms with Crippen molar-refractivity contribution in [3.05, 3.63) is 40.3 Å². The van der Waals surface area contributed by atoms with Crippen molar-refractivity contribution in [1.29, 1.82) is 0 Å². The van der Waals surface area contributed by atoms with Gasteiger partial charge in [-0.3, -0.25) is 0 Å². The molecule has 1 aromatic carbocycles. The van der Waals surface area contributed by atoms with Gasteiger partial charge in [0.15, 0.2) is 0 Å². The van der Waals surface area contributed by atoms with E-state index in [1.165, 1.54) is 3.57 Å². The molecule has 56 valence electrons. The largest absolute Gasteiger partial charge is 2.00 e. The fourth-order valence-electron chi connectivity index (χ4n) is 0.367. The zero-order valence-electron chi connectivity index (χ0n) is 6.97. The second kappa shape index (κ2) is 10.6. The van der Waals surface area contributed by atoms with Crippen LogP contribution in [-0.2, 0) is 19.5 Å².